The summed E-state index contributed by atoms with van der Waals surface area (Å²) in [7, 11) is 0. The topological polar surface area (TPSA) is 69.6 Å². The molecule has 0 aromatic heterocycles. The Bertz CT molecular complexity index is 688. The average molecular weight is 365 g/mol. The molecule has 3 atom stereocenters. The molecule has 3 unspecified atom stereocenters. The predicted octanol–water partition coefficient (Wildman–Crippen LogP) is 3.51. The number of rotatable bonds is 3. The molecule has 1 aliphatic heterocycles. The fourth-order valence-corrected chi connectivity index (χ4v) is 4.76. The van der Waals surface area contributed by atoms with Gasteiger partial charge in [-0.2, -0.15) is 0 Å². The molecule has 2 fully saturated rings. The van der Waals surface area contributed by atoms with Crippen molar-refractivity contribution in [1.82, 2.24) is 10.2 Å². The fraction of sp³-hybridized carbons (Fsp3) is 0.579. The molecule has 1 aliphatic carbocycles. The Hall–Kier alpha value is -1.59. The highest BCUT2D eigenvalue weighted by molar-refractivity contribution is 6.30. The van der Waals surface area contributed by atoms with Crippen molar-refractivity contribution < 1.29 is 14.7 Å². The Morgan fingerprint density at radius 3 is 2.52 bits per heavy atom. The van der Waals surface area contributed by atoms with Crippen LogP contribution in [0.25, 0.3) is 0 Å². The molecule has 0 bridgehead atoms. The van der Waals surface area contributed by atoms with Crippen LogP contribution in [0.3, 0.4) is 0 Å². The van der Waals surface area contributed by atoms with Crippen molar-refractivity contribution in [3.63, 3.8) is 0 Å². The minimum Gasteiger partial charge on any atom is -0.387 e. The van der Waals surface area contributed by atoms with Crippen molar-refractivity contribution in [2.24, 2.45) is 11.3 Å². The lowest BCUT2D eigenvalue weighted by Gasteiger charge is -2.43. The maximum absolute atomic E-state index is 13.1. The summed E-state index contributed by atoms with van der Waals surface area (Å²) in [6.45, 7) is 6.33. The van der Waals surface area contributed by atoms with Gasteiger partial charge in [0.15, 0.2) is 0 Å². The van der Waals surface area contributed by atoms with E-state index >= 15 is 0 Å². The third-order valence-corrected chi connectivity index (χ3v) is 5.49. The van der Waals surface area contributed by atoms with Crippen LogP contribution in [0.5, 0.6) is 0 Å². The second-order valence-corrected chi connectivity index (χ2v) is 8.79. The van der Waals surface area contributed by atoms with E-state index < -0.39 is 17.7 Å². The molecule has 1 heterocycles. The molecule has 3 rings (SSSR count). The Morgan fingerprint density at radius 2 is 1.92 bits per heavy atom. The second-order valence-electron chi connectivity index (χ2n) is 8.35. The van der Waals surface area contributed by atoms with E-state index in [1.54, 1.807) is 24.3 Å². The lowest BCUT2D eigenvalue weighted by Crippen LogP contribution is -2.54. The van der Waals surface area contributed by atoms with Crippen LogP contribution in [0.1, 0.15) is 51.7 Å². The molecule has 1 saturated heterocycles. The van der Waals surface area contributed by atoms with E-state index in [9.17, 15) is 14.7 Å². The molecule has 1 spiro atoms. The summed E-state index contributed by atoms with van der Waals surface area (Å²) in [5.41, 5.74) is -0.216. The van der Waals surface area contributed by atoms with Gasteiger partial charge < -0.3 is 10.4 Å². The van der Waals surface area contributed by atoms with Crippen LogP contribution in [-0.2, 0) is 4.79 Å². The summed E-state index contributed by atoms with van der Waals surface area (Å²) >= 11 is 5.86. The molecule has 2 aliphatic rings. The molecule has 1 aromatic rings. The number of benzene rings is 1. The van der Waals surface area contributed by atoms with E-state index in [2.05, 4.69) is 26.1 Å². The summed E-state index contributed by atoms with van der Waals surface area (Å²) in [6.07, 6.45) is 1.37. The van der Waals surface area contributed by atoms with E-state index in [-0.39, 0.29) is 17.9 Å². The highest BCUT2D eigenvalue weighted by Crippen LogP contribution is 2.46. The third kappa shape index (κ3) is 3.53. The summed E-state index contributed by atoms with van der Waals surface area (Å²) in [6, 6.07) is 6.35. The van der Waals surface area contributed by atoms with Crippen LogP contribution in [0, 0.1) is 11.3 Å². The van der Waals surface area contributed by atoms with Crippen molar-refractivity contribution >= 4 is 23.5 Å². The van der Waals surface area contributed by atoms with Gasteiger partial charge in [-0.05, 0) is 48.3 Å². The van der Waals surface area contributed by atoms with Gasteiger partial charge in [-0.1, -0.05) is 44.5 Å². The number of nitrogens with one attached hydrogen (secondary N) is 1. The largest absolute Gasteiger partial charge is 0.387 e. The molecule has 1 saturated carbocycles. The molecule has 2 N–H and O–H groups in total. The lowest BCUT2D eigenvalue weighted by atomic mass is 9.64. The summed E-state index contributed by atoms with van der Waals surface area (Å²) in [5, 5.41) is 13.9. The zero-order valence-corrected chi connectivity index (χ0v) is 15.6. The zero-order chi connectivity index (χ0) is 18.4. The number of nitrogens with zero attached hydrogens (tertiary/aromatic N) is 1. The van der Waals surface area contributed by atoms with Gasteiger partial charge in [-0.15, -0.1) is 0 Å². The number of carbonyl (C=O) groups is 2. The molecule has 3 amide bonds. The van der Waals surface area contributed by atoms with Crippen LogP contribution >= 0.6 is 11.6 Å². The molecular weight excluding hydrogens is 340 g/mol. The van der Waals surface area contributed by atoms with Crippen molar-refractivity contribution in [2.75, 3.05) is 6.54 Å². The number of urea groups is 1. The highest BCUT2D eigenvalue weighted by atomic mass is 35.5. The van der Waals surface area contributed by atoms with Crippen molar-refractivity contribution in [2.45, 2.75) is 51.7 Å². The minimum atomic E-state index is -0.934. The molecule has 6 heteroatoms. The number of aliphatic hydroxyl groups excluding tert-OH is 1. The third-order valence-electron chi connectivity index (χ3n) is 5.23. The van der Waals surface area contributed by atoms with Gasteiger partial charge in [-0.3, -0.25) is 9.69 Å². The van der Waals surface area contributed by atoms with Crippen LogP contribution in [0.15, 0.2) is 24.3 Å². The van der Waals surface area contributed by atoms with Crippen molar-refractivity contribution in [1.29, 1.82) is 0 Å². The molecule has 1 aromatic carbocycles. The quantitative estimate of drug-likeness (QED) is 0.806. The molecule has 0 radical (unpaired) electrons. The Balaban J connectivity index is 1.78. The molecule has 136 valence electrons. The van der Waals surface area contributed by atoms with Crippen LogP contribution in [-0.4, -0.2) is 34.0 Å². The molecule has 25 heavy (non-hydrogen) atoms. The monoisotopic (exact) mass is 364 g/mol. The van der Waals surface area contributed by atoms with Gasteiger partial charge in [0.05, 0.1) is 12.6 Å². The summed E-state index contributed by atoms with van der Waals surface area (Å²) in [4.78, 5) is 26.7. The Labute approximate surface area is 153 Å². The van der Waals surface area contributed by atoms with E-state index in [0.29, 0.717) is 29.3 Å². The van der Waals surface area contributed by atoms with Gasteiger partial charge in [-0.25, -0.2) is 4.79 Å². The number of hydrogen-bond donors (Lipinski definition) is 2. The minimum absolute atomic E-state index is 0.00852. The summed E-state index contributed by atoms with van der Waals surface area (Å²) < 4.78 is 0. The van der Waals surface area contributed by atoms with Crippen LogP contribution < -0.4 is 5.32 Å². The van der Waals surface area contributed by atoms with E-state index in [1.165, 1.54) is 0 Å². The first kappa shape index (κ1) is 18.2. The summed E-state index contributed by atoms with van der Waals surface area (Å²) in [5.74, 6) is 0.138. The van der Waals surface area contributed by atoms with Gasteiger partial charge in [0.25, 0.3) is 5.91 Å². The normalized spacial score (nSPS) is 29.8. The first-order chi connectivity index (χ1) is 11.6. The van der Waals surface area contributed by atoms with Crippen molar-refractivity contribution in [3.8, 4) is 0 Å². The lowest BCUT2D eigenvalue weighted by molar-refractivity contribution is -0.135. The maximum atomic E-state index is 13.1. The van der Waals surface area contributed by atoms with Crippen LogP contribution in [0.2, 0.25) is 5.02 Å². The van der Waals surface area contributed by atoms with Crippen LogP contribution in [0.4, 0.5) is 4.79 Å². The standard InChI is InChI=1S/C19H25ClN2O3/c1-12-8-18(2,3)11-19(9-12)16(24)22(17(25)21-19)10-15(23)13-4-6-14(20)7-5-13/h4-7,12,15,23H,8-11H2,1-3H3,(H,21,25). The van der Waals surface area contributed by atoms with Crippen molar-refractivity contribution in [3.05, 3.63) is 34.9 Å². The molecular formula is C19H25ClN2O3. The smallest absolute Gasteiger partial charge is 0.325 e. The van der Waals surface area contributed by atoms with E-state index in [4.69, 9.17) is 11.6 Å². The number of imide groups is 1. The molecule has 5 nitrogen and oxygen atoms in total. The number of amides is 3. The number of halogens is 1. The SMILES string of the molecule is CC1CC(C)(C)CC2(C1)NC(=O)N(CC(O)c1ccc(Cl)cc1)C2=O. The van der Waals surface area contributed by atoms with E-state index in [0.717, 1.165) is 11.3 Å². The van der Waals surface area contributed by atoms with Gasteiger partial charge in [0.1, 0.15) is 5.54 Å². The van der Waals surface area contributed by atoms with Gasteiger partial charge in [0.2, 0.25) is 0 Å². The number of aliphatic hydroxyl groups is 1. The average Bonchev–Trinajstić information content (AvgIpc) is 2.69. The maximum Gasteiger partial charge on any atom is 0.325 e. The van der Waals surface area contributed by atoms with Gasteiger partial charge in [0, 0.05) is 5.02 Å². The van der Waals surface area contributed by atoms with Gasteiger partial charge >= 0.3 is 6.03 Å². The van der Waals surface area contributed by atoms with E-state index in [1.807, 2.05) is 0 Å². The number of hydrogen-bond acceptors (Lipinski definition) is 3. The fourth-order valence-electron chi connectivity index (χ4n) is 4.64. The Kier molecular flexibility index (Phi) is 4.58. The zero-order valence-electron chi connectivity index (χ0n) is 14.9. The first-order valence-corrected chi connectivity index (χ1v) is 9.07. The predicted molar refractivity (Wildman–Crippen MR) is 96.2 cm³/mol. The highest BCUT2D eigenvalue weighted by Gasteiger charge is 2.56. The first-order valence-electron chi connectivity index (χ1n) is 8.70. The number of carbonyl (C=O) groups excluding carboxylic acids is 2. The Morgan fingerprint density at radius 1 is 1.28 bits per heavy atom. The number of β-amino-alcohol motifs (C(OH)–C–C–N with tert-alkyl or cyclic N) is 1. The second kappa shape index (κ2) is 6.29.